The maximum atomic E-state index is 12.4. The smallest absolute Gasteiger partial charge is 0.422 e. The largest absolute Gasteiger partial charge is 0.467 e. The molecule has 2 heterocycles. The number of hydrogen-bond acceptors (Lipinski definition) is 5. The molecule has 0 atom stereocenters. The van der Waals surface area contributed by atoms with Crippen LogP contribution < -0.4 is 10.3 Å². The van der Waals surface area contributed by atoms with Crippen LogP contribution in [0.5, 0.6) is 5.88 Å². The third kappa shape index (κ3) is 3.79. The Morgan fingerprint density at radius 2 is 2.08 bits per heavy atom. The average Bonchev–Trinajstić information content (AvgIpc) is 3.02. The molecule has 25 heavy (non-hydrogen) atoms. The number of rotatable bonds is 4. The molecule has 0 aromatic carbocycles. The van der Waals surface area contributed by atoms with Crippen molar-refractivity contribution in [3.8, 4) is 11.9 Å². The highest BCUT2D eigenvalue weighted by molar-refractivity contribution is 5.43. The van der Waals surface area contributed by atoms with Gasteiger partial charge in [0.2, 0.25) is 5.88 Å². The van der Waals surface area contributed by atoms with Gasteiger partial charge in [0.1, 0.15) is 11.6 Å². The summed E-state index contributed by atoms with van der Waals surface area (Å²) in [6, 6.07) is 4.66. The SMILES string of the molecule is N#Cc1c2c(cn(Cc3ccc(OCC(F)(F)F)nn3)c1=O)CCC2. The Hall–Kier alpha value is -2.89. The van der Waals surface area contributed by atoms with Crippen LogP contribution in [0.3, 0.4) is 0 Å². The van der Waals surface area contributed by atoms with Crippen molar-refractivity contribution in [1.82, 2.24) is 14.8 Å². The van der Waals surface area contributed by atoms with Crippen LogP contribution in [0.2, 0.25) is 0 Å². The molecule has 1 aliphatic carbocycles. The Labute approximate surface area is 140 Å². The van der Waals surface area contributed by atoms with Crippen molar-refractivity contribution < 1.29 is 17.9 Å². The summed E-state index contributed by atoms with van der Waals surface area (Å²) in [6.45, 7) is -1.37. The van der Waals surface area contributed by atoms with Crippen molar-refractivity contribution in [2.45, 2.75) is 32.0 Å². The number of halogens is 3. The van der Waals surface area contributed by atoms with Crippen LogP contribution in [0, 0.1) is 11.3 Å². The minimum Gasteiger partial charge on any atom is -0.467 e. The van der Waals surface area contributed by atoms with Crippen molar-refractivity contribution in [3.63, 3.8) is 0 Å². The minimum atomic E-state index is -4.45. The second-order valence-corrected chi connectivity index (χ2v) is 5.67. The molecule has 0 spiro atoms. The molecule has 6 nitrogen and oxygen atoms in total. The highest BCUT2D eigenvalue weighted by atomic mass is 19.4. The van der Waals surface area contributed by atoms with Gasteiger partial charge in [-0.05, 0) is 36.5 Å². The summed E-state index contributed by atoms with van der Waals surface area (Å²) in [6.07, 6.45) is -0.314. The number of aromatic nitrogens is 3. The Kier molecular flexibility index (Phi) is 4.44. The van der Waals surface area contributed by atoms with E-state index in [1.165, 1.54) is 16.7 Å². The van der Waals surface area contributed by atoms with E-state index in [1.807, 2.05) is 6.07 Å². The molecule has 0 fully saturated rings. The average molecular weight is 350 g/mol. The van der Waals surface area contributed by atoms with Gasteiger partial charge < -0.3 is 9.30 Å². The molecule has 0 saturated heterocycles. The summed E-state index contributed by atoms with van der Waals surface area (Å²) in [5.74, 6) is -0.250. The molecule has 3 rings (SSSR count). The first kappa shape index (κ1) is 17.0. The van der Waals surface area contributed by atoms with Crippen molar-refractivity contribution in [2.24, 2.45) is 0 Å². The van der Waals surface area contributed by atoms with E-state index in [-0.39, 0.29) is 18.0 Å². The van der Waals surface area contributed by atoms with Gasteiger partial charge in [-0.2, -0.15) is 18.4 Å². The molecule has 0 amide bonds. The van der Waals surface area contributed by atoms with Crippen LogP contribution in [0.4, 0.5) is 13.2 Å². The number of aryl methyl sites for hydroxylation is 1. The number of ether oxygens (including phenoxy) is 1. The molecule has 0 aliphatic heterocycles. The highest BCUT2D eigenvalue weighted by Gasteiger charge is 2.28. The lowest BCUT2D eigenvalue weighted by molar-refractivity contribution is -0.154. The predicted octanol–water partition coefficient (Wildman–Crippen LogP) is 1.99. The van der Waals surface area contributed by atoms with E-state index in [9.17, 15) is 23.2 Å². The van der Waals surface area contributed by atoms with E-state index in [0.29, 0.717) is 5.69 Å². The zero-order chi connectivity index (χ0) is 18.0. The molecule has 2 aromatic heterocycles. The van der Waals surface area contributed by atoms with Crippen LogP contribution in [-0.4, -0.2) is 27.5 Å². The molecule has 0 N–H and O–H groups in total. The number of pyridine rings is 1. The quantitative estimate of drug-likeness (QED) is 0.842. The van der Waals surface area contributed by atoms with E-state index in [2.05, 4.69) is 14.9 Å². The Balaban J connectivity index is 1.79. The summed E-state index contributed by atoms with van der Waals surface area (Å²) < 4.78 is 42.2. The minimum absolute atomic E-state index is 0.0767. The van der Waals surface area contributed by atoms with Crippen LogP contribution in [0.25, 0.3) is 0 Å². The van der Waals surface area contributed by atoms with E-state index in [4.69, 9.17) is 0 Å². The second-order valence-electron chi connectivity index (χ2n) is 5.67. The lowest BCUT2D eigenvalue weighted by Gasteiger charge is -2.10. The molecule has 2 aromatic rings. The Bertz CT molecular complexity index is 882. The molecule has 0 saturated carbocycles. The van der Waals surface area contributed by atoms with Gasteiger partial charge in [-0.25, -0.2) is 0 Å². The monoisotopic (exact) mass is 350 g/mol. The Morgan fingerprint density at radius 1 is 1.28 bits per heavy atom. The number of hydrogen-bond donors (Lipinski definition) is 0. The maximum Gasteiger partial charge on any atom is 0.422 e. The van der Waals surface area contributed by atoms with Crippen molar-refractivity contribution in [2.75, 3.05) is 6.61 Å². The topological polar surface area (TPSA) is 80.8 Å². The second kappa shape index (κ2) is 6.55. The van der Waals surface area contributed by atoms with Gasteiger partial charge in [0.15, 0.2) is 6.61 Å². The summed E-state index contributed by atoms with van der Waals surface area (Å²) in [5, 5.41) is 16.6. The molecular formula is C16H13F3N4O2. The number of alkyl halides is 3. The highest BCUT2D eigenvalue weighted by Crippen LogP contribution is 2.23. The van der Waals surface area contributed by atoms with Gasteiger partial charge in [0, 0.05) is 12.3 Å². The first-order valence-corrected chi connectivity index (χ1v) is 7.55. The zero-order valence-corrected chi connectivity index (χ0v) is 13.0. The van der Waals surface area contributed by atoms with E-state index < -0.39 is 18.3 Å². The standard InChI is InChI=1S/C16H13F3N4O2/c17-16(18,19)9-25-14-5-4-11(21-22-14)8-23-7-10-2-1-3-12(10)13(6-20)15(23)24/h4-5,7H,1-3,8-9H2. The normalized spacial score (nSPS) is 13.4. The first-order valence-electron chi connectivity index (χ1n) is 7.55. The van der Waals surface area contributed by atoms with Crippen molar-refractivity contribution >= 4 is 0 Å². The predicted molar refractivity (Wildman–Crippen MR) is 80.1 cm³/mol. The van der Waals surface area contributed by atoms with E-state index >= 15 is 0 Å². The maximum absolute atomic E-state index is 12.4. The molecule has 0 bridgehead atoms. The molecule has 1 aliphatic rings. The zero-order valence-electron chi connectivity index (χ0n) is 13.0. The number of fused-ring (bicyclic) bond motifs is 1. The van der Waals surface area contributed by atoms with Crippen LogP contribution in [0.1, 0.15) is 28.8 Å². The van der Waals surface area contributed by atoms with Crippen LogP contribution in [0.15, 0.2) is 23.1 Å². The van der Waals surface area contributed by atoms with Crippen LogP contribution in [-0.2, 0) is 19.4 Å². The van der Waals surface area contributed by atoms with Gasteiger partial charge in [-0.1, -0.05) is 0 Å². The number of nitriles is 1. The molecule has 9 heteroatoms. The fourth-order valence-electron chi connectivity index (χ4n) is 2.79. The van der Waals surface area contributed by atoms with Gasteiger partial charge in [-0.15, -0.1) is 10.2 Å². The first-order chi connectivity index (χ1) is 11.9. The summed E-state index contributed by atoms with van der Waals surface area (Å²) in [7, 11) is 0. The van der Waals surface area contributed by atoms with E-state index in [1.54, 1.807) is 6.20 Å². The molecular weight excluding hydrogens is 337 g/mol. The van der Waals surface area contributed by atoms with Crippen LogP contribution >= 0.6 is 0 Å². The van der Waals surface area contributed by atoms with Gasteiger partial charge in [0.05, 0.1) is 12.2 Å². The number of nitrogens with zero attached hydrogens (tertiary/aromatic N) is 4. The molecule has 0 unspecified atom stereocenters. The van der Waals surface area contributed by atoms with Gasteiger partial charge >= 0.3 is 6.18 Å². The van der Waals surface area contributed by atoms with Gasteiger partial charge in [0.25, 0.3) is 5.56 Å². The molecule has 130 valence electrons. The third-order valence-corrected chi connectivity index (χ3v) is 3.87. The summed E-state index contributed by atoms with van der Waals surface area (Å²) in [5.41, 5.74) is 1.90. The Morgan fingerprint density at radius 3 is 2.72 bits per heavy atom. The van der Waals surface area contributed by atoms with Gasteiger partial charge in [-0.3, -0.25) is 4.79 Å². The third-order valence-electron chi connectivity index (χ3n) is 3.87. The fraction of sp³-hybridized carbons (Fsp3) is 0.375. The fourth-order valence-corrected chi connectivity index (χ4v) is 2.79. The summed E-state index contributed by atoms with van der Waals surface area (Å²) in [4.78, 5) is 12.4. The lowest BCUT2D eigenvalue weighted by atomic mass is 10.1. The van der Waals surface area contributed by atoms with E-state index in [0.717, 1.165) is 30.4 Å². The van der Waals surface area contributed by atoms with Crippen molar-refractivity contribution in [1.29, 1.82) is 5.26 Å². The summed E-state index contributed by atoms with van der Waals surface area (Å²) >= 11 is 0. The lowest BCUT2D eigenvalue weighted by Crippen LogP contribution is -2.25. The van der Waals surface area contributed by atoms with Crippen molar-refractivity contribution in [3.05, 3.63) is 51.1 Å². The molecule has 0 radical (unpaired) electrons.